The molecule has 3 aromatic carbocycles. The van der Waals surface area contributed by atoms with Crippen LogP contribution < -0.4 is 16.0 Å². The van der Waals surface area contributed by atoms with Crippen LogP contribution in [0.4, 0.5) is 5.69 Å². The molecular weight excluding hydrogens is 414 g/mol. The van der Waals surface area contributed by atoms with Crippen LogP contribution in [-0.2, 0) is 0 Å². The SMILES string of the molecule is Cc1ccc(C(=O)Nc2ccc(C(=O)NCCNC(=O)c3ccccc3Cl)cc2)cc1. The van der Waals surface area contributed by atoms with E-state index in [4.69, 9.17) is 11.6 Å². The van der Waals surface area contributed by atoms with Gasteiger partial charge in [-0.05, 0) is 55.5 Å². The van der Waals surface area contributed by atoms with Gasteiger partial charge >= 0.3 is 0 Å². The number of hydrogen-bond donors (Lipinski definition) is 3. The van der Waals surface area contributed by atoms with Crippen molar-refractivity contribution in [2.45, 2.75) is 6.92 Å². The molecule has 0 unspecified atom stereocenters. The average Bonchev–Trinajstić information content (AvgIpc) is 2.77. The zero-order valence-corrected chi connectivity index (χ0v) is 17.7. The minimum atomic E-state index is -0.298. The van der Waals surface area contributed by atoms with Gasteiger partial charge in [0.05, 0.1) is 10.6 Å². The lowest BCUT2D eigenvalue weighted by Gasteiger charge is -2.09. The number of carbonyl (C=O) groups is 3. The first kappa shape index (κ1) is 22.1. The summed E-state index contributed by atoms with van der Waals surface area (Å²) in [5.41, 5.74) is 3.07. The third-order valence-electron chi connectivity index (χ3n) is 4.53. The Morgan fingerprint density at radius 2 is 1.26 bits per heavy atom. The molecule has 3 amide bonds. The maximum Gasteiger partial charge on any atom is 0.255 e. The molecular formula is C24H22ClN3O3. The summed E-state index contributed by atoms with van der Waals surface area (Å²) in [6, 6.07) is 20.6. The maximum atomic E-state index is 12.3. The lowest BCUT2D eigenvalue weighted by molar-refractivity contribution is 0.0927. The minimum Gasteiger partial charge on any atom is -0.350 e. The Bertz CT molecular complexity index is 1080. The van der Waals surface area contributed by atoms with E-state index in [1.807, 2.05) is 19.1 Å². The Balaban J connectivity index is 1.45. The van der Waals surface area contributed by atoms with E-state index >= 15 is 0 Å². The third-order valence-corrected chi connectivity index (χ3v) is 4.86. The highest BCUT2D eigenvalue weighted by Gasteiger charge is 2.10. The first-order valence-corrected chi connectivity index (χ1v) is 10.1. The van der Waals surface area contributed by atoms with Gasteiger partial charge in [0.15, 0.2) is 0 Å². The molecule has 3 aromatic rings. The largest absolute Gasteiger partial charge is 0.350 e. The molecule has 3 N–H and O–H groups in total. The molecule has 6 nitrogen and oxygen atoms in total. The Kier molecular flexibility index (Phi) is 7.40. The topological polar surface area (TPSA) is 87.3 Å². The van der Waals surface area contributed by atoms with Crippen molar-refractivity contribution >= 4 is 35.0 Å². The monoisotopic (exact) mass is 435 g/mol. The van der Waals surface area contributed by atoms with E-state index in [-0.39, 0.29) is 30.8 Å². The number of carbonyl (C=O) groups excluding carboxylic acids is 3. The fraction of sp³-hybridized carbons (Fsp3) is 0.125. The Morgan fingerprint density at radius 3 is 1.90 bits per heavy atom. The van der Waals surface area contributed by atoms with E-state index in [0.717, 1.165) is 5.56 Å². The van der Waals surface area contributed by atoms with Gasteiger partial charge in [-0.2, -0.15) is 0 Å². The molecule has 3 rings (SSSR count). The summed E-state index contributed by atoms with van der Waals surface area (Å²) in [6.45, 7) is 2.49. The molecule has 0 spiro atoms. The molecule has 0 saturated carbocycles. The molecule has 0 aliphatic rings. The fourth-order valence-corrected chi connectivity index (χ4v) is 3.03. The van der Waals surface area contributed by atoms with E-state index in [0.29, 0.717) is 27.4 Å². The lowest BCUT2D eigenvalue weighted by Crippen LogP contribution is -2.34. The standard InChI is InChI=1S/C24H22ClN3O3/c1-16-6-8-18(9-7-16)23(30)28-19-12-10-17(11-13-19)22(29)26-14-15-27-24(31)20-4-2-3-5-21(20)25/h2-13H,14-15H2,1H3,(H,26,29)(H,27,31)(H,28,30). The second-order valence-corrected chi connectivity index (χ2v) is 7.30. The van der Waals surface area contributed by atoms with Crippen LogP contribution in [0.2, 0.25) is 5.02 Å². The zero-order valence-electron chi connectivity index (χ0n) is 16.9. The van der Waals surface area contributed by atoms with Crippen LogP contribution in [0.1, 0.15) is 36.6 Å². The van der Waals surface area contributed by atoms with Crippen molar-refractivity contribution in [1.29, 1.82) is 0 Å². The number of aryl methyl sites for hydroxylation is 1. The van der Waals surface area contributed by atoms with Crippen LogP contribution >= 0.6 is 11.6 Å². The number of halogens is 1. The van der Waals surface area contributed by atoms with Gasteiger partial charge in [0, 0.05) is 29.9 Å². The second-order valence-electron chi connectivity index (χ2n) is 6.89. The van der Waals surface area contributed by atoms with Crippen LogP contribution in [0.5, 0.6) is 0 Å². The van der Waals surface area contributed by atoms with Crippen molar-refractivity contribution < 1.29 is 14.4 Å². The summed E-state index contributed by atoms with van der Waals surface area (Å²) >= 11 is 5.99. The van der Waals surface area contributed by atoms with Gasteiger partial charge < -0.3 is 16.0 Å². The van der Waals surface area contributed by atoms with Crippen molar-refractivity contribution in [3.05, 3.63) is 100 Å². The lowest BCUT2D eigenvalue weighted by atomic mass is 10.1. The first-order chi connectivity index (χ1) is 14.9. The molecule has 0 saturated heterocycles. The number of nitrogens with one attached hydrogen (secondary N) is 3. The van der Waals surface area contributed by atoms with E-state index in [1.165, 1.54) is 0 Å². The summed E-state index contributed by atoms with van der Waals surface area (Å²) in [7, 11) is 0. The number of rotatable bonds is 7. The van der Waals surface area contributed by atoms with Crippen LogP contribution in [0.15, 0.2) is 72.8 Å². The van der Waals surface area contributed by atoms with Gasteiger partial charge in [-0.15, -0.1) is 0 Å². The molecule has 0 fully saturated rings. The summed E-state index contributed by atoms with van der Waals surface area (Å²) < 4.78 is 0. The molecule has 158 valence electrons. The first-order valence-electron chi connectivity index (χ1n) is 9.73. The number of anilines is 1. The highest BCUT2D eigenvalue weighted by atomic mass is 35.5. The van der Waals surface area contributed by atoms with E-state index in [9.17, 15) is 14.4 Å². The molecule has 0 bridgehead atoms. The zero-order chi connectivity index (χ0) is 22.2. The molecule has 0 aromatic heterocycles. The Hall–Kier alpha value is -3.64. The van der Waals surface area contributed by atoms with Gasteiger partial charge in [0.1, 0.15) is 0 Å². The van der Waals surface area contributed by atoms with Crippen molar-refractivity contribution in [3.63, 3.8) is 0 Å². The van der Waals surface area contributed by atoms with Gasteiger partial charge in [-0.3, -0.25) is 14.4 Å². The number of amides is 3. The summed E-state index contributed by atoms with van der Waals surface area (Å²) in [5, 5.41) is 8.62. The average molecular weight is 436 g/mol. The van der Waals surface area contributed by atoms with Gasteiger partial charge in [0.25, 0.3) is 17.7 Å². The smallest absolute Gasteiger partial charge is 0.255 e. The molecule has 31 heavy (non-hydrogen) atoms. The number of benzene rings is 3. The Morgan fingerprint density at radius 1 is 0.710 bits per heavy atom. The highest BCUT2D eigenvalue weighted by molar-refractivity contribution is 6.33. The van der Waals surface area contributed by atoms with E-state index in [2.05, 4.69) is 16.0 Å². The normalized spacial score (nSPS) is 10.3. The van der Waals surface area contributed by atoms with Crippen molar-refractivity contribution in [1.82, 2.24) is 10.6 Å². The quantitative estimate of drug-likeness (QED) is 0.489. The predicted octanol–water partition coefficient (Wildman–Crippen LogP) is 4.06. The van der Waals surface area contributed by atoms with Crippen LogP contribution in [0.25, 0.3) is 0 Å². The molecule has 7 heteroatoms. The van der Waals surface area contributed by atoms with Crippen LogP contribution in [0, 0.1) is 6.92 Å². The highest BCUT2D eigenvalue weighted by Crippen LogP contribution is 2.14. The molecule has 0 heterocycles. The third kappa shape index (κ3) is 6.17. The van der Waals surface area contributed by atoms with Crippen LogP contribution in [-0.4, -0.2) is 30.8 Å². The van der Waals surface area contributed by atoms with Gasteiger partial charge in [-0.1, -0.05) is 41.4 Å². The summed E-state index contributed by atoms with van der Waals surface area (Å²) in [5.74, 6) is -0.789. The molecule has 0 aliphatic heterocycles. The van der Waals surface area contributed by atoms with Gasteiger partial charge in [-0.25, -0.2) is 0 Å². The second kappa shape index (κ2) is 10.4. The summed E-state index contributed by atoms with van der Waals surface area (Å²) in [4.78, 5) is 36.6. The fourth-order valence-electron chi connectivity index (χ4n) is 2.81. The maximum absolute atomic E-state index is 12.3. The molecule has 0 atom stereocenters. The number of hydrogen-bond acceptors (Lipinski definition) is 3. The van der Waals surface area contributed by atoms with E-state index in [1.54, 1.807) is 60.7 Å². The Labute approximate surface area is 185 Å². The van der Waals surface area contributed by atoms with Crippen LogP contribution in [0.3, 0.4) is 0 Å². The molecule has 0 radical (unpaired) electrons. The predicted molar refractivity (Wildman–Crippen MR) is 122 cm³/mol. The van der Waals surface area contributed by atoms with Crippen molar-refractivity contribution in [2.75, 3.05) is 18.4 Å². The van der Waals surface area contributed by atoms with Crippen molar-refractivity contribution in [3.8, 4) is 0 Å². The van der Waals surface area contributed by atoms with E-state index < -0.39 is 0 Å². The van der Waals surface area contributed by atoms with Crippen molar-refractivity contribution in [2.24, 2.45) is 0 Å². The summed E-state index contributed by atoms with van der Waals surface area (Å²) in [6.07, 6.45) is 0. The molecule has 0 aliphatic carbocycles. The van der Waals surface area contributed by atoms with Gasteiger partial charge in [0.2, 0.25) is 0 Å². The minimum absolute atomic E-state index is 0.216.